The van der Waals surface area contributed by atoms with E-state index < -0.39 is 0 Å². The van der Waals surface area contributed by atoms with Crippen molar-refractivity contribution in [1.82, 2.24) is 0 Å². The summed E-state index contributed by atoms with van der Waals surface area (Å²) < 4.78 is 11.3. The van der Waals surface area contributed by atoms with Crippen LogP contribution in [0.15, 0.2) is 42.5 Å². The topological polar surface area (TPSA) is 76.7 Å². The highest BCUT2D eigenvalue weighted by Gasteiger charge is 2.16. The molecule has 6 nitrogen and oxygen atoms in total. The largest absolute Gasteiger partial charge is 0.492 e. The van der Waals surface area contributed by atoms with Gasteiger partial charge in [-0.2, -0.15) is 0 Å². The van der Waals surface area contributed by atoms with Crippen LogP contribution in [0.25, 0.3) is 0 Å². The standard InChI is InChI=1S/C21H26N2O4/c1-4-10-20(24)22-16-13-19(27-6-3)17(14-18(16)26-5-2)23-21(25)15-11-8-7-9-12-15/h7-9,11-14H,4-6,10H2,1-3H3,(H,22,24)(H,23,25). The third kappa shape index (κ3) is 5.74. The molecule has 0 aromatic heterocycles. The van der Waals surface area contributed by atoms with Gasteiger partial charge in [0.05, 0.1) is 24.6 Å². The fraction of sp³-hybridized carbons (Fsp3) is 0.333. The molecule has 2 amide bonds. The Bertz CT molecular complexity index is 775. The summed E-state index contributed by atoms with van der Waals surface area (Å²) in [6.45, 7) is 6.50. The Kier molecular flexibility index (Phi) is 7.67. The first-order valence-electron chi connectivity index (χ1n) is 9.18. The summed E-state index contributed by atoms with van der Waals surface area (Å²) in [6.07, 6.45) is 1.17. The van der Waals surface area contributed by atoms with Gasteiger partial charge in [-0.1, -0.05) is 25.1 Å². The van der Waals surface area contributed by atoms with Crippen molar-refractivity contribution < 1.29 is 19.1 Å². The van der Waals surface area contributed by atoms with Crippen molar-refractivity contribution >= 4 is 23.2 Å². The van der Waals surface area contributed by atoms with Crippen molar-refractivity contribution in [3.8, 4) is 11.5 Å². The Morgan fingerprint density at radius 1 is 0.852 bits per heavy atom. The second-order valence-corrected chi connectivity index (χ2v) is 5.83. The van der Waals surface area contributed by atoms with Gasteiger partial charge in [0, 0.05) is 24.1 Å². The van der Waals surface area contributed by atoms with E-state index in [1.165, 1.54) is 0 Å². The summed E-state index contributed by atoms with van der Waals surface area (Å²) >= 11 is 0. The Morgan fingerprint density at radius 2 is 1.41 bits per heavy atom. The van der Waals surface area contributed by atoms with Crippen LogP contribution in [0.3, 0.4) is 0 Å². The molecule has 0 heterocycles. The molecule has 0 bridgehead atoms. The molecule has 0 radical (unpaired) electrons. The molecule has 27 heavy (non-hydrogen) atoms. The summed E-state index contributed by atoms with van der Waals surface area (Å²) in [4.78, 5) is 24.5. The molecule has 0 aliphatic rings. The second kappa shape index (κ2) is 10.2. The van der Waals surface area contributed by atoms with Crippen LogP contribution in [0.1, 0.15) is 44.0 Å². The average molecular weight is 370 g/mol. The molecular weight excluding hydrogens is 344 g/mol. The molecule has 0 aliphatic heterocycles. The molecule has 144 valence electrons. The van der Waals surface area contributed by atoms with Crippen LogP contribution in [-0.2, 0) is 4.79 Å². The van der Waals surface area contributed by atoms with Crippen LogP contribution >= 0.6 is 0 Å². The third-order valence-electron chi connectivity index (χ3n) is 3.72. The van der Waals surface area contributed by atoms with Gasteiger partial charge >= 0.3 is 0 Å². The fourth-order valence-corrected chi connectivity index (χ4v) is 2.53. The molecule has 2 aromatic rings. The average Bonchev–Trinajstić information content (AvgIpc) is 2.66. The number of carbonyl (C=O) groups is 2. The summed E-state index contributed by atoms with van der Waals surface area (Å²) in [5.74, 6) is 0.606. The van der Waals surface area contributed by atoms with Crippen molar-refractivity contribution in [2.45, 2.75) is 33.6 Å². The van der Waals surface area contributed by atoms with Gasteiger partial charge in [0.25, 0.3) is 5.91 Å². The van der Waals surface area contributed by atoms with Gasteiger partial charge in [0.15, 0.2) is 0 Å². The first-order chi connectivity index (χ1) is 13.1. The first kappa shape index (κ1) is 20.3. The van der Waals surface area contributed by atoms with Crippen LogP contribution < -0.4 is 20.1 Å². The highest BCUT2D eigenvalue weighted by atomic mass is 16.5. The van der Waals surface area contributed by atoms with Crippen LogP contribution in [-0.4, -0.2) is 25.0 Å². The number of benzene rings is 2. The molecular formula is C21H26N2O4. The maximum absolute atomic E-state index is 12.5. The van der Waals surface area contributed by atoms with E-state index in [1.807, 2.05) is 26.8 Å². The lowest BCUT2D eigenvalue weighted by Gasteiger charge is -2.17. The molecule has 0 atom stereocenters. The predicted octanol–water partition coefficient (Wildman–Crippen LogP) is 4.47. The number of anilines is 2. The molecule has 6 heteroatoms. The van der Waals surface area contributed by atoms with E-state index >= 15 is 0 Å². The number of rotatable bonds is 9. The van der Waals surface area contributed by atoms with Crippen molar-refractivity contribution in [3.63, 3.8) is 0 Å². The molecule has 2 aromatic carbocycles. The zero-order chi connectivity index (χ0) is 19.6. The van der Waals surface area contributed by atoms with E-state index in [1.54, 1.807) is 36.4 Å². The monoisotopic (exact) mass is 370 g/mol. The molecule has 0 aliphatic carbocycles. The van der Waals surface area contributed by atoms with Crippen molar-refractivity contribution in [2.24, 2.45) is 0 Å². The smallest absolute Gasteiger partial charge is 0.255 e. The number of carbonyl (C=O) groups excluding carboxylic acids is 2. The van der Waals surface area contributed by atoms with E-state index in [4.69, 9.17) is 9.47 Å². The summed E-state index contributed by atoms with van der Waals surface area (Å²) in [5, 5.41) is 5.71. The van der Waals surface area contributed by atoms with E-state index in [0.29, 0.717) is 48.1 Å². The molecule has 0 spiro atoms. The SMILES string of the molecule is CCCC(=O)Nc1cc(OCC)c(NC(=O)c2ccccc2)cc1OCC. The van der Waals surface area contributed by atoms with Gasteiger partial charge in [-0.25, -0.2) is 0 Å². The van der Waals surface area contributed by atoms with Gasteiger partial charge in [0.1, 0.15) is 11.5 Å². The minimum absolute atomic E-state index is 0.0954. The summed E-state index contributed by atoms with van der Waals surface area (Å²) in [6, 6.07) is 12.3. The van der Waals surface area contributed by atoms with Crippen LogP contribution in [0.4, 0.5) is 11.4 Å². The molecule has 2 rings (SSSR count). The Morgan fingerprint density at radius 3 is 1.93 bits per heavy atom. The number of hydrogen-bond donors (Lipinski definition) is 2. The lowest BCUT2D eigenvalue weighted by molar-refractivity contribution is -0.116. The molecule has 0 fully saturated rings. The number of ether oxygens (including phenoxy) is 2. The highest BCUT2D eigenvalue weighted by molar-refractivity contribution is 6.05. The van der Waals surface area contributed by atoms with E-state index in [-0.39, 0.29) is 11.8 Å². The summed E-state index contributed by atoms with van der Waals surface area (Å²) in [5.41, 5.74) is 1.55. The molecule has 2 N–H and O–H groups in total. The van der Waals surface area contributed by atoms with E-state index in [2.05, 4.69) is 10.6 Å². The number of hydrogen-bond acceptors (Lipinski definition) is 4. The Labute approximate surface area is 159 Å². The lowest BCUT2D eigenvalue weighted by Crippen LogP contribution is -2.15. The minimum atomic E-state index is -0.248. The second-order valence-electron chi connectivity index (χ2n) is 5.83. The first-order valence-corrected chi connectivity index (χ1v) is 9.18. The van der Waals surface area contributed by atoms with Gasteiger partial charge < -0.3 is 20.1 Å². The zero-order valence-electron chi connectivity index (χ0n) is 16.0. The van der Waals surface area contributed by atoms with Gasteiger partial charge in [-0.05, 0) is 32.4 Å². The molecule has 0 saturated carbocycles. The van der Waals surface area contributed by atoms with Crippen molar-refractivity contribution in [3.05, 3.63) is 48.0 Å². The number of nitrogens with one attached hydrogen (secondary N) is 2. The van der Waals surface area contributed by atoms with Gasteiger partial charge in [-0.3, -0.25) is 9.59 Å². The van der Waals surface area contributed by atoms with Gasteiger partial charge in [-0.15, -0.1) is 0 Å². The number of amides is 2. The highest BCUT2D eigenvalue weighted by Crippen LogP contribution is 2.37. The minimum Gasteiger partial charge on any atom is -0.492 e. The van der Waals surface area contributed by atoms with Crippen LogP contribution in [0, 0.1) is 0 Å². The molecule has 0 unspecified atom stereocenters. The Hall–Kier alpha value is -3.02. The third-order valence-corrected chi connectivity index (χ3v) is 3.72. The lowest BCUT2D eigenvalue weighted by atomic mass is 10.2. The van der Waals surface area contributed by atoms with Crippen molar-refractivity contribution in [2.75, 3.05) is 23.8 Å². The van der Waals surface area contributed by atoms with Crippen molar-refractivity contribution in [1.29, 1.82) is 0 Å². The Balaban J connectivity index is 2.35. The van der Waals surface area contributed by atoms with Gasteiger partial charge in [0.2, 0.25) is 5.91 Å². The summed E-state index contributed by atoms with van der Waals surface area (Å²) in [7, 11) is 0. The normalized spacial score (nSPS) is 10.2. The molecule has 0 saturated heterocycles. The quantitative estimate of drug-likeness (QED) is 0.682. The maximum atomic E-state index is 12.5. The van der Waals surface area contributed by atoms with Crippen LogP contribution in [0.2, 0.25) is 0 Å². The zero-order valence-corrected chi connectivity index (χ0v) is 16.0. The van der Waals surface area contributed by atoms with E-state index in [9.17, 15) is 9.59 Å². The van der Waals surface area contributed by atoms with E-state index in [0.717, 1.165) is 6.42 Å². The van der Waals surface area contributed by atoms with Crippen LogP contribution in [0.5, 0.6) is 11.5 Å². The fourth-order valence-electron chi connectivity index (χ4n) is 2.53. The predicted molar refractivity (Wildman–Crippen MR) is 107 cm³/mol. The maximum Gasteiger partial charge on any atom is 0.255 e.